The van der Waals surface area contributed by atoms with E-state index < -0.39 is 45.2 Å². The van der Waals surface area contributed by atoms with Crippen LogP contribution in [0.25, 0.3) is 0 Å². The second kappa shape index (κ2) is 8.22. The summed E-state index contributed by atoms with van der Waals surface area (Å²) < 4.78 is 100. The molecular weight excluding hydrogens is 419 g/mol. The smallest absolute Gasteiger partial charge is 0.432 e. The summed E-state index contributed by atoms with van der Waals surface area (Å²) in [4.78, 5) is 23.1. The first kappa shape index (κ1) is 23.5. The maximum absolute atomic E-state index is 13.7. The van der Waals surface area contributed by atoms with E-state index in [-0.39, 0.29) is 18.4 Å². The summed E-state index contributed by atoms with van der Waals surface area (Å²) in [5.74, 6) is -2.84. The van der Waals surface area contributed by atoms with Crippen molar-refractivity contribution in [1.82, 2.24) is 0 Å². The van der Waals surface area contributed by atoms with Gasteiger partial charge < -0.3 is 9.47 Å². The molecule has 1 aromatic rings. The molecule has 0 bridgehead atoms. The molecule has 28 heavy (non-hydrogen) atoms. The van der Waals surface area contributed by atoms with Gasteiger partial charge in [-0.05, 0) is 31.2 Å². The van der Waals surface area contributed by atoms with Crippen molar-refractivity contribution in [3.8, 4) is 5.75 Å². The zero-order valence-corrected chi connectivity index (χ0v) is 15.1. The average molecular weight is 432 g/mol. The molecule has 0 radical (unpaired) electrons. The van der Waals surface area contributed by atoms with Crippen LogP contribution in [-0.4, -0.2) is 45.0 Å². The molecule has 0 aliphatic heterocycles. The number of carbonyl (C=O) groups is 2. The number of hydrogen-bond donors (Lipinski definition) is 0. The van der Waals surface area contributed by atoms with E-state index >= 15 is 0 Å². The summed E-state index contributed by atoms with van der Waals surface area (Å²) in [5.41, 5.74) is -0.604. The van der Waals surface area contributed by atoms with Crippen LogP contribution in [0.3, 0.4) is 0 Å². The molecule has 1 rings (SSSR count). The lowest BCUT2D eigenvalue weighted by molar-refractivity contribution is -0.248. The van der Waals surface area contributed by atoms with Crippen molar-refractivity contribution in [2.45, 2.75) is 24.5 Å². The Labute approximate surface area is 155 Å². The largest absolute Gasteiger partial charge is 0.441 e. The van der Waals surface area contributed by atoms with Gasteiger partial charge in [-0.1, -0.05) is 6.58 Å². The quantitative estimate of drug-likeness (QED) is 0.215. The normalized spacial score (nSPS) is 13.5. The SMILES string of the molecule is C=C(C)C(=O)Oc1ccc(C(=O)OC(C(F)(F)F)C(F)(F)S(=O)(=O)OC)cc1. The molecule has 1 unspecified atom stereocenters. The van der Waals surface area contributed by atoms with E-state index in [2.05, 4.69) is 15.5 Å². The molecule has 0 N–H and O–H groups in total. The lowest BCUT2D eigenvalue weighted by Crippen LogP contribution is -2.52. The van der Waals surface area contributed by atoms with E-state index in [9.17, 15) is 40.0 Å². The number of esters is 2. The van der Waals surface area contributed by atoms with Gasteiger partial charge in [-0.3, -0.25) is 4.18 Å². The van der Waals surface area contributed by atoms with Crippen LogP contribution >= 0.6 is 0 Å². The third-order valence-corrected chi connectivity index (χ3v) is 4.35. The Morgan fingerprint density at radius 1 is 1.07 bits per heavy atom. The number of halogens is 5. The Bertz CT molecular complexity index is 860. The van der Waals surface area contributed by atoms with Crippen LogP contribution in [0.4, 0.5) is 22.0 Å². The number of carbonyl (C=O) groups excluding carboxylic acids is 2. The van der Waals surface area contributed by atoms with Crippen LogP contribution in [0, 0.1) is 0 Å². The minimum atomic E-state index is -6.03. The van der Waals surface area contributed by atoms with Crippen LogP contribution in [-0.2, 0) is 23.8 Å². The molecule has 0 amide bonds. The van der Waals surface area contributed by atoms with Gasteiger partial charge in [0.2, 0.25) is 0 Å². The number of hydrogen-bond acceptors (Lipinski definition) is 7. The Balaban J connectivity index is 3.10. The summed E-state index contributed by atoms with van der Waals surface area (Å²) >= 11 is 0. The second-order valence-electron chi connectivity index (χ2n) is 5.20. The first-order valence-electron chi connectivity index (χ1n) is 7.07. The Hall–Kier alpha value is -2.54. The Morgan fingerprint density at radius 2 is 1.57 bits per heavy atom. The van der Waals surface area contributed by atoms with Gasteiger partial charge in [0, 0.05) is 5.57 Å². The van der Waals surface area contributed by atoms with Crippen molar-refractivity contribution in [1.29, 1.82) is 0 Å². The third kappa shape index (κ3) is 5.25. The number of benzene rings is 1. The van der Waals surface area contributed by atoms with E-state index in [0.717, 1.165) is 24.3 Å². The maximum atomic E-state index is 13.7. The zero-order valence-electron chi connectivity index (χ0n) is 14.2. The van der Waals surface area contributed by atoms with Crippen LogP contribution < -0.4 is 4.74 Å². The molecular formula is C15H13F5O7S. The molecule has 0 aliphatic rings. The molecule has 1 atom stereocenters. The third-order valence-electron chi connectivity index (χ3n) is 3.03. The molecule has 13 heteroatoms. The van der Waals surface area contributed by atoms with Crippen molar-refractivity contribution >= 4 is 22.1 Å². The Kier molecular flexibility index (Phi) is 6.90. The molecule has 0 heterocycles. The second-order valence-corrected chi connectivity index (χ2v) is 6.99. The van der Waals surface area contributed by atoms with E-state index in [1.54, 1.807) is 0 Å². The van der Waals surface area contributed by atoms with Gasteiger partial charge in [0.05, 0.1) is 12.7 Å². The maximum Gasteiger partial charge on any atom is 0.432 e. The van der Waals surface area contributed by atoms with Gasteiger partial charge in [0.1, 0.15) is 5.75 Å². The first-order chi connectivity index (χ1) is 12.6. The van der Waals surface area contributed by atoms with Crippen molar-refractivity contribution in [2.75, 3.05) is 7.11 Å². The molecule has 0 fully saturated rings. The zero-order chi connectivity index (χ0) is 21.9. The highest BCUT2D eigenvalue weighted by atomic mass is 32.2. The monoisotopic (exact) mass is 432 g/mol. The highest BCUT2D eigenvalue weighted by molar-refractivity contribution is 7.87. The Morgan fingerprint density at radius 3 is 1.96 bits per heavy atom. The highest BCUT2D eigenvalue weighted by Crippen LogP contribution is 2.39. The highest BCUT2D eigenvalue weighted by Gasteiger charge is 2.66. The van der Waals surface area contributed by atoms with Gasteiger partial charge in [-0.25, -0.2) is 9.59 Å². The van der Waals surface area contributed by atoms with Gasteiger partial charge >= 0.3 is 33.5 Å². The van der Waals surface area contributed by atoms with Crippen LogP contribution in [0.5, 0.6) is 5.75 Å². The lowest BCUT2D eigenvalue weighted by Gasteiger charge is -2.27. The summed E-state index contributed by atoms with van der Waals surface area (Å²) in [6, 6.07) is 3.59. The van der Waals surface area contributed by atoms with Gasteiger partial charge in [-0.2, -0.15) is 30.4 Å². The number of ether oxygens (including phenoxy) is 2. The molecule has 0 aliphatic carbocycles. The molecule has 156 valence electrons. The standard InChI is InChI=1S/C15H13F5O7S/c1-8(2)11(21)26-10-6-4-9(5-7-10)12(22)27-13(14(16,17)18)15(19,20)28(23,24)25-3/h4-7,13H,1H2,2-3H3. The topological polar surface area (TPSA) is 96.0 Å². The van der Waals surface area contributed by atoms with Gasteiger partial charge in [0.25, 0.3) is 6.10 Å². The molecule has 0 saturated heterocycles. The van der Waals surface area contributed by atoms with Crippen molar-refractivity contribution < 1.29 is 53.6 Å². The molecule has 0 aromatic heterocycles. The fourth-order valence-electron chi connectivity index (χ4n) is 1.60. The summed E-state index contributed by atoms with van der Waals surface area (Å²) in [5, 5.41) is -5.60. The summed E-state index contributed by atoms with van der Waals surface area (Å²) in [6.45, 7) is 4.66. The predicted molar refractivity (Wildman–Crippen MR) is 83.0 cm³/mol. The summed E-state index contributed by atoms with van der Waals surface area (Å²) in [7, 11) is -5.81. The fourth-order valence-corrected chi connectivity index (χ4v) is 2.26. The van der Waals surface area contributed by atoms with E-state index in [1.165, 1.54) is 6.92 Å². The molecule has 7 nitrogen and oxygen atoms in total. The van der Waals surface area contributed by atoms with Crippen LogP contribution in [0.15, 0.2) is 36.4 Å². The lowest BCUT2D eigenvalue weighted by atomic mass is 10.2. The molecule has 1 aromatic carbocycles. The van der Waals surface area contributed by atoms with E-state index in [4.69, 9.17) is 4.74 Å². The minimum Gasteiger partial charge on any atom is -0.441 e. The van der Waals surface area contributed by atoms with Crippen molar-refractivity contribution in [3.05, 3.63) is 42.0 Å². The van der Waals surface area contributed by atoms with Crippen LogP contribution in [0.2, 0.25) is 0 Å². The van der Waals surface area contributed by atoms with Crippen LogP contribution in [0.1, 0.15) is 17.3 Å². The van der Waals surface area contributed by atoms with Crippen molar-refractivity contribution in [3.63, 3.8) is 0 Å². The predicted octanol–water partition coefficient (Wildman–Crippen LogP) is 2.82. The number of rotatable bonds is 7. The number of alkyl halides is 5. The fraction of sp³-hybridized carbons (Fsp3) is 0.333. The van der Waals surface area contributed by atoms with E-state index in [1.807, 2.05) is 0 Å². The van der Waals surface area contributed by atoms with E-state index in [0.29, 0.717) is 0 Å². The first-order valence-corrected chi connectivity index (χ1v) is 8.47. The average Bonchev–Trinajstić information content (AvgIpc) is 2.58. The van der Waals surface area contributed by atoms with Crippen molar-refractivity contribution in [2.24, 2.45) is 0 Å². The van der Waals surface area contributed by atoms with Gasteiger partial charge in [-0.15, -0.1) is 0 Å². The van der Waals surface area contributed by atoms with Gasteiger partial charge in [0.15, 0.2) is 0 Å². The minimum absolute atomic E-state index is 0.0399. The summed E-state index contributed by atoms with van der Waals surface area (Å²) in [6.07, 6.45) is -10.2. The molecule has 0 saturated carbocycles. The molecule has 0 spiro atoms.